The van der Waals surface area contributed by atoms with Crippen LogP contribution in [0.15, 0.2) is 34.9 Å². The SMILES string of the molecule is O=C(O)Nc1ccnc2ccc(Br)cc12. The number of amides is 1. The van der Waals surface area contributed by atoms with Crippen molar-refractivity contribution in [3.63, 3.8) is 0 Å². The first kappa shape index (κ1) is 9.92. The summed E-state index contributed by atoms with van der Waals surface area (Å²) >= 11 is 3.33. The predicted octanol–water partition coefficient (Wildman–Crippen LogP) is 3.09. The van der Waals surface area contributed by atoms with Crippen LogP contribution in [0.2, 0.25) is 0 Å². The van der Waals surface area contributed by atoms with E-state index in [1.165, 1.54) is 0 Å². The highest BCUT2D eigenvalue weighted by Crippen LogP contribution is 2.24. The highest BCUT2D eigenvalue weighted by Gasteiger charge is 2.04. The molecule has 15 heavy (non-hydrogen) atoms. The highest BCUT2D eigenvalue weighted by molar-refractivity contribution is 9.10. The number of anilines is 1. The summed E-state index contributed by atoms with van der Waals surface area (Å²) in [7, 11) is 0. The molecule has 1 aromatic carbocycles. The van der Waals surface area contributed by atoms with Gasteiger partial charge in [0.2, 0.25) is 0 Å². The van der Waals surface area contributed by atoms with Crippen molar-refractivity contribution in [3.8, 4) is 0 Å². The number of nitrogens with zero attached hydrogens (tertiary/aromatic N) is 1. The van der Waals surface area contributed by atoms with Crippen LogP contribution in [0.1, 0.15) is 0 Å². The van der Waals surface area contributed by atoms with Gasteiger partial charge in [0.25, 0.3) is 0 Å². The quantitative estimate of drug-likeness (QED) is 0.834. The van der Waals surface area contributed by atoms with Gasteiger partial charge in [0.15, 0.2) is 0 Å². The molecule has 0 bridgehead atoms. The smallest absolute Gasteiger partial charge is 0.409 e. The number of carbonyl (C=O) groups is 1. The summed E-state index contributed by atoms with van der Waals surface area (Å²) in [6.07, 6.45) is 0.490. The number of aromatic nitrogens is 1. The minimum absolute atomic E-state index is 0.536. The Morgan fingerprint density at radius 1 is 1.40 bits per heavy atom. The average molecular weight is 267 g/mol. The fraction of sp³-hybridized carbons (Fsp3) is 0. The fourth-order valence-electron chi connectivity index (χ4n) is 1.34. The maximum absolute atomic E-state index is 10.6. The molecule has 0 saturated carbocycles. The Balaban J connectivity index is 2.63. The van der Waals surface area contributed by atoms with Crippen LogP contribution in [0.4, 0.5) is 10.5 Å². The lowest BCUT2D eigenvalue weighted by atomic mass is 10.2. The molecule has 2 aromatic rings. The van der Waals surface area contributed by atoms with Crippen LogP contribution >= 0.6 is 15.9 Å². The molecule has 0 spiro atoms. The number of rotatable bonds is 1. The first-order valence-electron chi connectivity index (χ1n) is 4.21. The number of halogens is 1. The fourth-order valence-corrected chi connectivity index (χ4v) is 1.70. The van der Waals surface area contributed by atoms with E-state index in [-0.39, 0.29) is 0 Å². The van der Waals surface area contributed by atoms with Crippen LogP contribution in [0.3, 0.4) is 0 Å². The second-order valence-electron chi connectivity index (χ2n) is 2.95. The molecule has 0 unspecified atom stereocenters. The maximum Gasteiger partial charge on any atom is 0.409 e. The van der Waals surface area contributed by atoms with Gasteiger partial charge in [-0.1, -0.05) is 15.9 Å². The van der Waals surface area contributed by atoms with E-state index in [0.717, 1.165) is 15.4 Å². The van der Waals surface area contributed by atoms with Crippen LogP contribution in [-0.2, 0) is 0 Å². The maximum atomic E-state index is 10.6. The van der Waals surface area contributed by atoms with Crippen molar-refractivity contribution in [2.45, 2.75) is 0 Å². The molecule has 1 aromatic heterocycles. The van der Waals surface area contributed by atoms with E-state index in [4.69, 9.17) is 5.11 Å². The summed E-state index contributed by atoms with van der Waals surface area (Å²) in [6.45, 7) is 0. The van der Waals surface area contributed by atoms with E-state index in [1.54, 1.807) is 12.3 Å². The zero-order valence-corrected chi connectivity index (χ0v) is 9.15. The van der Waals surface area contributed by atoms with Crippen LogP contribution in [0, 0.1) is 0 Å². The van der Waals surface area contributed by atoms with Gasteiger partial charge in [-0.15, -0.1) is 0 Å². The molecule has 0 aliphatic heterocycles. The Labute approximate surface area is 94.1 Å². The molecule has 0 saturated heterocycles. The third-order valence-electron chi connectivity index (χ3n) is 1.95. The van der Waals surface area contributed by atoms with E-state index in [0.29, 0.717) is 5.69 Å². The molecule has 0 radical (unpaired) electrons. The number of nitrogens with one attached hydrogen (secondary N) is 1. The molecule has 0 aliphatic carbocycles. The van der Waals surface area contributed by atoms with Crippen molar-refractivity contribution in [2.24, 2.45) is 0 Å². The Kier molecular flexibility index (Phi) is 2.55. The molecule has 0 atom stereocenters. The summed E-state index contributed by atoms with van der Waals surface area (Å²) in [5.41, 5.74) is 1.29. The minimum Gasteiger partial charge on any atom is -0.465 e. The normalized spacial score (nSPS) is 10.2. The number of benzene rings is 1. The zero-order valence-electron chi connectivity index (χ0n) is 7.57. The Hall–Kier alpha value is -1.62. The molecule has 1 heterocycles. The van der Waals surface area contributed by atoms with Gasteiger partial charge in [-0.25, -0.2) is 4.79 Å². The van der Waals surface area contributed by atoms with Crippen LogP contribution in [-0.4, -0.2) is 16.2 Å². The van der Waals surface area contributed by atoms with E-state index in [1.807, 2.05) is 18.2 Å². The van der Waals surface area contributed by atoms with Gasteiger partial charge in [0.1, 0.15) is 0 Å². The second kappa shape index (κ2) is 3.86. The van der Waals surface area contributed by atoms with Crippen molar-refractivity contribution >= 4 is 38.6 Å². The molecule has 0 fully saturated rings. The van der Waals surface area contributed by atoms with Gasteiger partial charge >= 0.3 is 6.09 Å². The molecule has 5 heteroatoms. The molecular formula is C10H7BrN2O2. The first-order chi connectivity index (χ1) is 7.16. The minimum atomic E-state index is -1.08. The average Bonchev–Trinajstić information content (AvgIpc) is 2.18. The lowest BCUT2D eigenvalue weighted by molar-refractivity contribution is 0.210. The van der Waals surface area contributed by atoms with Crippen LogP contribution in [0.25, 0.3) is 10.9 Å². The van der Waals surface area contributed by atoms with E-state index >= 15 is 0 Å². The van der Waals surface area contributed by atoms with Gasteiger partial charge < -0.3 is 5.11 Å². The monoisotopic (exact) mass is 266 g/mol. The predicted molar refractivity (Wildman–Crippen MR) is 61.1 cm³/mol. The highest BCUT2D eigenvalue weighted by atomic mass is 79.9. The third-order valence-corrected chi connectivity index (χ3v) is 2.44. The Morgan fingerprint density at radius 3 is 2.93 bits per heavy atom. The molecule has 0 aliphatic rings. The topological polar surface area (TPSA) is 62.2 Å². The van der Waals surface area contributed by atoms with Crippen molar-refractivity contribution in [3.05, 3.63) is 34.9 Å². The van der Waals surface area contributed by atoms with Crippen LogP contribution < -0.4 is 5.32 Å². The third kappa shape index (κ3) is 2.07. The summed E-state index contributed by atoms with van der Waals surface area (Å²) in [5, 5.41) is 11.8. The molecule has 2 N–H and O–H groups in total. The van der Waals surface area contributed by atoms with E-state index in [2.05, 4.69) is 26.2 Å². The van der Waals surface area contributed by atoms with Gasteiger partial charge in [-0.3, -0.25) is 10.3 Å². The number of hydrogen-bond acceptors (Lipinski definition) is 2. The van der Waals surface area contributed by atoms with E-state index < -0.39 is 6.09 Å². The number of carboxylic acid groups (broad SMARTS) is 1. The van der Waals surface area contributed by atoms with Gasteiger partial charge in [0.05, 0.1) is 11.2 Å². The lowest BCUT2D eigenvalue weighted by Gasteiger charge is -2.05. The largest absolute Gasteiger partial charge is 0.465 e. The Morgan fingerprint density at radius 2 is 2.20 bits per heavy atom. The number of hydrogen-bond donors (Lipinski definition) is 2. The van der Waals surface area contributed by atoms with Crippen molar-refractivity contribution in [1.29, 1.82) is 0 Å². The Bertz CT molecular complexity index is 528. The molecule has 2 rings (SSSR count). The van der Waals surface area contributed by atoms with Crippen LogP contribution in [0.5, 0.6) is 0 Å². The van der Waals surface area contributed by atoms with Gasteiger partial charge in [-0.2, -0.15) is 0 Å². The molecule has 1 amide bonds. The van der Waals surface area contributed by atoms with E-state index in [9.17, 15) is 4.79 Å². The summed E-state index contributed by atoms with van der Waals surface area (Å²) in [6, 6.07) is 7.14. The molecular weight excluding hydrogens is 260 g/mol. The van der Waals surface area contributed by atoms with Gasteiger partial charge in [-0.05, 0) is 24.3 Å². The van der Waals surface area contributed by atoms with Gasteiger partial charge in [0, 0.05) is 16.1 Å². The number of fused-ring (bicyclic) bond motifs is 1. The summed E-state index contributed by atoms with van der Waals surface area (Å²) in [5.74, 6) is 0. The summed E-state index contributed by atoms with van der Waals surface area (Å²) in [4.78, 5) is 14.7. The lowest BCUT2D eigenvalue weighted by Crippen LogP contribution is -2.07. The first-order valence-corrected chi connectivity index (χ1v) is 5.00. The zero-order chi connectivity index (χ0) is 10.8. The van der Waals surface area contributed by atoms with Crippen molar-refractivity contribution in [1.82, 2.24) is 4.98 Å². The molecule has 4 nitrogen and oxygen atoms in total. The summed E-state index contributed by atoms with van der Waals surface area (Å²) < 4.78 is 0.886. The van der Waals surface area contributed by atoms with Crippen molar-refractivity contribution < 1.29 is 9.90 Å². The number of pyridine rings is 1. The standard InChI is InChI=1S/C10H7BrN2O2/c11-6-1-2-8-7(5-6)9(3-4-12-8)13-10(14)15/h1-5H,(H,12,13)(H,14,15). The molecule has 76 valence electrons. The van der Waals surface area contributed by atoms with Crippen molar-refractivity contribution in [2.75, 3.05) is 5.32 Å². The second-order valence-corrected chi connectivity index (χ2v) is 3.87.